The fraction of sp³-hybridized carbons (Fsp3) is 0.0625. The monoisotopic (exact) mass is 305 g/mol. The fourth-order valence-electron chi connectivity index (χ4n) is 2.06. The molecular weight excluding hydrogens is 294 g/mol. The Labute approximate surface area is 131 Å². The smallest absolute Gasteiger partial charge is 0.222 e. The average molecular weight is 305 g/mol. The number of nitrogens with zero attached hydrogens (tertiary/aromatic N) is 4. The number of carbonyl (C=O) groups is 1. The third kappa shape index (κ3) is 2.91. The zero-order valence-electron chi connectivity index (χ0n) is 12.1. The summed E-state index contributed by atoms with van der Waals surface area (Å²) < 4.78 is 5.40. The maximum Gasteiger partial charge on any atom is 0.222 e. The first-order valence-electron chi connectivity index (χ1n) is 6.73. The molecule has 0 saturated heterocycles. The SMILES string of the molecule is CC(=O)Nc1nc(-c2ccco2)c(-c2ccncc2)nc1C#N. The van der Waals surface area contributed by atoms with Gasteiger partial charge in [-0.25, -0.2) is 9.97 Å². The van der Waals surface area contributed by atoms with Crippen LogP contribution in [-0.4, -0.2) is 20.9 Å². The van der Waals surface area contributed by atoms with E-state index in [9.17, 15) is 10.1 Å². The van der Waals surface area contributed by atoms with E-state index in [0.29, 0.717) is 17.1 Å². The van der Waals surface area contributed by atoms with Crippen LogP contribution in [-0.2, 0) is 4.79 Å². The molecule has 7 heteroatoms. The predicted octanol–water partition coefficient (Wildman–Crippen LogP) is 2.63. The Kier molecular flexibility index (Phi) is 3.80. The van der Waals surface area contributed by atoms with Crippen molar-refractivity contribution < 1.29 is 9.21 Å². The lowest BCUT2D eigenvalue weighted by atomic mass is 10.1. The number of anilines is 1. The molecule has 112 valence electrons. The van der Waals surface area contributed by atoms with Crippen LogP contribution in [0, 0.1) is 11.3 Å². The Morgan fingerprint density at radius 2 is 2.00 bits per heavy atom. The van der Waals surface area contributed by atoms with Crippen molar-refractivity contribution in [2.24, 2.45) is 0 Å². The van der Waals surface area contributed by atoms with Gasteiger partial charge in [0.25, 0.3) is 0 Å². The first kappa shape index (κ1) is 14.4. The van der Waals surface area contributed by atoms with Gasteiger partial charge in [-0.15, -0.1) is 0 Å². The molecule has 0 radical (unpaired) electrons. The van der Waals surface area contributed by atoms with Crippen LogP contribution in [0.5, 0.6) is 0 Å². The van der Waals surface area contributed by atoms with Crippen LogP contribution in [0.1, 0.15) is 12.6 Å². The summed E-state index contributed by atoms with van der Waals surface area (Å²) in [5.74, 6) is 0.252. The minimum absolute atomic E-state index is 0.0299. The molecule has 0 saturated carbocycles. The van der Waals surface area contributed by atoms with Gasteiger partial charge in [0.2, 0.25) is 5.91 Å². The van der Waals surface area contributed by atoms with Crippen LogP contribution >= 0.6 is 0 Å². The van der Waals surface area contributed by atoms with Crippen molar-refractivity contribution in [3.8, 4) is 28.8 Å². The van der Waals surface area contributed by atoms with Crippen LogP contribution in [0.3, 0.4) is 0 Å². The predicted molar refractivity (Wildman–Crippen MR) is 82.0 cm³/mol. The van der Waals surface area contributed by atoms with Gasteiger partial charge in [-0.3, -0.25) is 9.78 Å². The summed E-state index contributed by atoms with van der Waals surface area (Å²) in [6, 6.07) is 8.93. The Balaban J connectivity index is 2.26. The maximum atomic E-state index is 11.3. The number of furan rings is 1. The summed E-state index contributed by atoms with van der Waals surface area (Å²) in [5, 5.41) is 11.8. The summed E-state index contributed by atoms with van der Waals surface area (Å²) in [6.07, 6.45) is 4.76. The zero-order chi connectivity index (χ0) is 16.2. The van der Waals surface area contributed by atoms with E-state index in [1.807, 2.05) is 6.07 Å². The van der Waals surface area contributed by atoms with Crippen molar-refractivity contribution in [3.05, 3.63) is 48.6 Å². The lowest BCUT2D eigenvalue weighted by Gasteiger charge is -2.10. The molecule has 1 N–H and O–H groups in total. The third-order valence-corrected chi connectivity index (χ3v) is 3.00. The highest BCUT2D eigenvalue weighted by molar-refractivity contribution is 5.90. The van der Waals surface area contributed by atoms with Gasteiger partial charge in [0.05, 0.1) is 6.26 Å². The first-order valence-corrected chi connectivity index (χ1v) is 6.73. The molecule has 3 rings (SSSR count). The van der Waals surface area contributed by atoms with Gasteiger partial charge in [-0.1, -0.05) is 0 Å². The normalized spacial score (nSPS) is 10.1. The number of aromatic nitrogens is 3. The number of hydrogen-bond donors (Lipinski definition) is 1. The van der Waals surface area contributed by atoms with Crippen molar-refractivity contribution >= 4 is 11.7 Å². The molecule has 0 fully saturated rings. The van der Waals surface area contributed by atoms with Gasteiger partial charge in [0, 0.05) is 24.9 Å². The average Bonchev–Trinajstić information content (AvgIpc) is 3.09. The molecule has 0 spiro atoms. The standard InChI is InChI=1S/C16H11N5O2/c1-10(22)19-16-12(9-17)20-14(11-4-6-18-7-5-11)15(21-16)13-3-2-8-23-13/h2-8H,1H3,(H,19,21,22). The van der Waals surface area contributed by atoms with E-state index in [4.69, 9.17) is 4.42 Å². The van der Waals surface area contributed by atoms with Crippen molar-refractivity contribution in [2.75, 3.05) is 5.32 Å². The van der Waals surface area contributed by atoms with Crippen molar-refractivity contribution in [1.82, 2.24) is 15.0 Å². The Hall–Kier alpha value is -3.53. The van der Waals surface area contributed by atoms with Crippen LogP contribution in [0.2, 0.25) is 0 Å². The van der Waals surface area contributed by atoms with Gasteiger partial charge in [-0.05, 0) is 24.3 Å². The largest absolute Gasteiger partial charge is 0.463 e. The number of rotatable bonds is 3. The molecule has 3 aromatic rings. The van der Waals surface area contributed by atoms with Gasteiger partial charge in [0.1, 0.15) is 17.5 Å². The second-order valence-electron chi connectivity index (χ2n) is 4.62. The van der Waals surface area contributed by atoms with Crippen molar-refractivity contribution in [1.29, 1.82) is 5.26 Å². The fourth-order valence-corrected chi connectivity index (χ4v) is 2.06. The molecule has 1 amide bonds. The zero-order valence-corrected chi connectivity index (χ0v) is 12.1. The highest BCUT2D eigenvalue weighted by atomic mass is 16.3. The second-order valence-corrected chi connectivity index (χ2v) is 4.62. The van der Waals surface area contributed by atoms with Crippen molar-refractivity contribution in [2.45, 2.75) is 6.92 Å². The van der Waals surface area contributed by atoms with Crippen LogP contribution in [0.25, 0.3) is 22.7 Å². The number of amides is 1. The topological polar surface area (TPSA) is 105 Å². The van der Waals surface area contributed by atoms with Gasteiger partial charge < -0.3 is 9.73 Å². The maximum absolute atomic E-state index is 11.3. The molecule has 0 aliphatic carbocycles. The van der Waals surface area contributed by atoms with E-state index in [1.165, 1.54) is 13.2 Å². The summed E-state index contributed by atoms with van der Waals surface area (Å²) >= 11 is 0. The summed E-state index contributed by atoms with van der Waals surface area (Å²) in [7, 11) is 0. The van der Waals surface area contributed by atoms with Crippen molar-refractivity contribution in [3.63, 3.8) is 0 Å². The number of carbonyl (C=O) groups excluding carboxylic acids is 1. The van der Waals surface area contributed by atoms with E-state index >= 15 is 0 Å². The molecule has 0 aliphatic rings. The minimum atomic E-state index is -0.335. The molecule has 3 heterocycles. The molecule has 0 aromatic carbocycles. The van der Waals surface area contributed by atoms with E-state index in [2.05, 4.69) is 20.3 Å². The minimum Gasteiger partial charge on any atom is -0.463 e. The Bertz CT molecular complexity index is 883. The highest BCUT2D eigenvalue weighted by Gasteiger charge is 2.18. The molecule has 3 aromatic heterocycles. The van der Waals surface area contributed by atoms with E-state index in [-0.39, 0.29) is 17.4 Å². The summed E-state index contributed by atoms with van der Waals surface area (Å²) in [4.78, 5) is 24.0. The molecule has 0 unspecified atom stereocenters. The van der Waals surface area contributed by atoms with Gasteiger partial charge in [-0.2, -0.15) is 5.26 Å². The lowest BCUT2D eigenvalue weighted by Crippen LogP contribution is -2.11. The second kappa shape index (κ2) is 6.07. The lowest BCUT2D eigenvalue weighted by molar-refractivity contribution is -0.114. The third-order valence-electron chi connectivity index (χ3n) is 3.00. The number of pyridine rings is 1. The van der Waals surface area contributed by atoms with Gasteiger partial charge in [0.15, 0.2) is 17.3 Å². The van der Waals surface area contributed by atoms with Gasteiger partial charge >= 0.3 is 0 Å². The summed E-state index contributed by atoms with van der Waals surface area (Å²) in [5.41, 5.74) is 1.68. The molecular formula is C16H11N5O2. The number of nitrogens with one attached hydrogen (secondary N) is 1. The highest BCUT2D eigenvalue weighted by Crippen LogP contribution is 2.31. The number of hydrogen-bond acceptors (Lipinski definition) is 6. The Morgan fingerprint density at radius 3 is 2.61 bits per heavy atom. The molecule has 0 atom stereocenters. The first-order chi connectivity index (χ1) is 11.2. The molecule has 0 aliphatic heterocycles. The Morgan fingerprint density at radius 1 is 1.22 bits per heavy atom. The molecule has 0 bridgehead atoms. The van der Waals surface area contributed by atoms with Crippen LogP contribution in [0.15, 0.2) is 47.3 Å². The van der Waals surface area contributed by atoms with E-state index in [0.717, 1.165) is 5.56 Å². The van der Waals surface area contributed by atoms with Crippen LogP contribution < -0.4 is 5.32 Å². The molecule has 23 heavy (non-hydrogen) atoms. The quantitative estimate of drug-likeness (QED) is 0.797. The molecule has 7 nitrogen and oxygen atoms in total. The van der Waals surface area contributed by atoms with Crippen LogP contribution in [0.4, 0.5) is 5.82 Å². The van der Waals surface area contributed by atoms with E-state index in [1.54, 1.807) is 36.7 Å². The van der Waals surface area contributed by atoms with E-state index < -0.39 is 0 Å². The summed E-state index contributed by atoms with van der Waals surface area (Å²) in [6.45, 7) is 1.34. The number of nitriles is 1.